The van der Waals surface area contributed by atoms with Crippen molar-refractivity contribution in [2.45, 2.75) is 24.8 Å². The smallest absolute Gasteiger partial charge is 0.240 e. The van der Waals surface area contributed by atoms with Gasteiger partial charge in [-0.2, -0.15) is 0 Å². The first-order valence-electron chi connectivity index (χ1n) is 6.88. The third kappa shape index (κ3) is 4.58. The van der Waals surface area contributed by atoms with Crippen LogP contribution in [0.1, 0.15) is 18.9 Å². The van der Waals surface area contributed by atoms with Crippen LogP contribution in [0, 0.1) is 0 Å². The van der Waals surface area contributed by atoms with Crippen molar-refractivity contribution >= 4 is 10.0 Å². The first-order chi connectivity index (χ1) is 10.1. The molecule has 0 bridgehead atoms. The van der Waals surface area contributed by atoms with E-state index in [1.165, 1.54) is 0 Å². The molecule has 0 aromatic heterocycles. The molecule has 21 heavy (non-hydrogen) atoms. The van der Waals surface area contributed by atoms with E-state index in [-0.39, 0.29) is 4.90 Å². The highest BCUT2D eigenvalue weighted by Gasteiger charge is 2.12. The van der Waals surface area contributed by atoms with Crippen LogP contribution in [0.3, 0.4) is 0 Å². The Kier molecular flexibility index (Phi) is 5.36. The number of hydrogen-bond acceptors (Lipinski definition) is 3. The van der Waals surface area contributed by atoms with Crippen LogP contribution in [-0.4, -0.2) is 15.0 Å². The Balaban J connectivity index is 1.99. The quantitative estimate of drug-likeness (QED) is 0.855. The highest BCUT2D eigenvalue weighted by atomic mass is 32.2. The Labute approximate surface area is 125 Å². The first kappa shape index (κ1) is 15.5. The second-order valence-corrected chi connectivity index (χ2v) is 6.41. The summed E-state index contributed by atoms with van der Waals surface area (Å²) in [5, 5.41) is 0. The van der Waals surface area contributed by atoms with Crippen LogP contribution in [0.5, 0.6) is 5.75 Å². The Bertz CT molecular complexity index is 652. The molecule has 0 spiro atoms. The second-order valence-electron chi connectivity index (χ2n) is 4.64. The molecule has 112 valence electrons. The van der Waals surface area contributed by atoms with Crippen molar-refractivity contribution in [1.82, 2.24) is 4.72 Å². The molecule has 0 saturated heterocycles. The molecular weight excluding hydrogens is 286 g/mol. The third-order valence-corrected chi connectivity index (χ3v) is 4.40. The van der Waals surface area contributed by atoms with E-state index in [9.17, 15) is 8.42 Å². The minimum atomic E-state index is -3.41. The van der Waals surface area contributed by atoms with Gasteiger partial charge in [0.25, 0.3) is 0 Å². The molecule has 0 unspecified atom stereocenters. The van der Waals surface area contributed by atoms with Gasteiger partial charge in [-0.25, -0.2) is 13.1 Å². The second kappa shape index (κ2) is 7.24. The predicted molar refractivity (Wildman–Crippen MR) is 82.7 cm³/mol. The summed E-state index contributed by atoms with van der Waals surface area (Å²) in [6.45, 7) is 2.82. The van der Waals surface area contributed by atoms with Crippen LogP contribution in [0.2, 0.25) is 0 Å². The monoisotopic (exact) mass is 305 g/mol. The number of ether oxygens (including phenoxy) is 1. The van der Waals surface area contributed by atoms with E-state index in [0.717, 1.165) is 12.0 Å². The number of sulfonamides is 1. The van der Waals surface area contributed by atoms with Crippen molar-refractivity contribution in [3.8, 4) is 5.75 Å². The third-order valence-electron chi connectivity index (χ3n) is 2.92. The van der Waals surface area contributed by atoms with Gasteiger partial charge in [0.2, 0.25) is 10.0 Å². The van der Waals surface area contributed by atoms with E-state index in [4.69, 9.17) is 4.74 Å². The van der Waals surface area contributed by atoms with E-state index in [0.29, 0.717) is 18.9 Å². The molecule has 2 aromatic carbocycles. The van der Waals surface area contributed by atoms with Gasteiger partial charge in [0.15, 0.2) is 0 Å². The molecule has 5 heteroatoms. The van der Waals surface area contributed by atoms with Gasteiger partial charge in [-0.05, 0) is 36.2 Å². The largest absolute Gasteiger partial charge is 0.489 e. The van der Waals surface area contributed by atoms with Crippen LogP contribution < -0.4 is 9.46 Å². The van der Waals surface area contributed by atoms with E-state index >= 15 is 0 Å². The lowest BCUT2D eigenvalue weighted by Crippen LogP contribution is -2.24. The summed E-state index contributed by atoms with van der Waals surface area (Å²) in [6, 6.07) is 16.3. The molecule has 4 nitrogen and oxygen atoms in total. The van der Waals surface area contributed by atoms with Gasteiger partial charge in [-0.15, -0.1) is 0 Å². The lowest BCUT2D eigenvalue weighted by Gasteiger charge is -2.08. The number of nitrogens with one attached hydrogen (secondary N) is 1. The minimum Gasteiger partial charge on any atom is -0.489 e. The molecule has 0 heterocycles. The van der Waals surface area contributed by atoms with Crippen molar-refractivity contribution in [2.24, 2.45) is 0 Å². The van der Waals surface area contributed by atoms with E-state index < -0.39 is 10.0 Å². The van der Waals surface area contributed by atoms with Gasteiger partial charge >= 0.3 is 0 Å². The molecule has 0 radical (unpaired) electrons. The highest BCUT2D eigenvalue weighted by Crippen LogP contribution is 2.17. The molecule has 0 atom stereocenters. The van der Waals surface area contributed by atoms with Crippen molar-refractivity contribution < 1.29 is 13.2 Å². The van der Waals surface area contributed by atoms with Crippen molar-refractivity contribution in [3.05, 3.63) is 60.2 Å². The maximum Gasteiger partial charge on any atom is 0.240 e. The van der Waals surface area contributed by atoms with Crippen molar-refractivity contribution in [2.75, 3.05) is 6.54 Å². The molecule has 2 rings (SSSR count). The van der Waals surface area contributed by atoms with Crippen LogP contribution in [0.15, 0.2) is 59.5 Å². The summed E-state index contributed by atoms with van der Waals surface area (Å²) in [6.07, 6.45) is 0.761. The molecule has 1 N–H and O–H groups in total. The summed E-state index contributed by atoms with van der Waals surface area (Å²) < 4.78 is 32.0. The Morgan fingerprint density at radius 2 is 1.67 bits per heavy atom. The van der Waals surface area contributed by atoms with E-state index in [1.807, 2.05) is 37.3 Å². The maximum atomic E-state index is 11.9. The normalized spacial score (nSPS) is 11.3. The molecule has 0 fully saturated rings. The molecule has 2 aromatic rings. The zero-order valence-electron chi connectivity index (χ0n) is 12.0. The van der Waals surface area contributed by atoms with Crippen LogP contribution in [0.25, 0.3) is 0 Å². The Morgan fingerprint density at radius 3 is 2.29 bits per heavy atom. The van der Waals surface area contributed by atoms with Gasteiger partial charge in [0, 0.05) is 6.54 Å². The Morgan fingerprint density at radius 1 is 1.00 bits per heavy atom. The summed E-state index contributed by atoms with van der Waals surface area (Å²) in [7, 11) is -3.41. The zero-order valence-corrected chi connectivity index (χ0v) is 12.8. The summed E-state index contributed by atoms with van der Waals surface area (Å²) in [4.78, 5) is 0.253. The molecule has 0 amide bonds. The molecule has 0 saturated carbocycles. The summed E-state index contributed by atoms with van der Waals surface area (Å²) in [5.41, 5.74) is 1.07. The van der Waals surface area contributed by atoms with Crippen molar-refractivity contribution in [3.63, 3.8) is 0 Å². The molecular formula is C16H19NO3S. The van der Waals surface area contributed by atoms with Gasteiger partial charge < -0.3 is 4.74 Å². The minimum absolute atomic E-state index is 0.253. The van der Waals surface area contributed by atoms with Gasteiger partial charge in [0.1, 0.15) is 12.4 Å². The fourth-order valence-corrected chi connectivity index (χ4v) is 2.91. The fourth-order valence-electron chi connectivity index (χ4n) is 1.78. The predicted octanol–water partition coefficient (Wildman–Crippen LogP) is 2.95. The van der Waals surface area contributed by atoms with Gasteiger partial charge in [-0.1, -0.05) is 37.3 Å². The van der Waals surface area contributed by atoms with E-state index in [2.05, 4.69) is 4.72 Å². The lowest BCUT2D eigenvalue weighted by molar-refractivity contribution is 0.306. The number of hydrogen-bond donors (Lipinski definition) is 1. The fraction of sp³-hybridized carbons (Fsp3) is 0.250. The summed E-state index contributed by atoms with van der Waals surface area (Å²) in [5.74, 6) is 0.647. The summed E-state index contributed by atoms with van der Waals surface area (Å²) >= 11 is 0. The maximum absolute atomic E-state index is 11.9. The average Bonchev–Trinajstić information content (AvgIpc) is 2.52. The standard InChI is InChI=1S/C16H19NO3S/c1-2-12-17-21(18,19)16-10-8-15(9-11-16)20-13-14-6-4-3-5-7-14/h3-11,17H,2,12-13H2,1H3. The number of benzene rings is 2. The first-order valence-corrected chi connectivity index (χ1v) is 8.36. The Hall–Kier alpha value is -1.85. The lowest BCUT2D eigenvalue weighted by atomic mass is 10.2. The topological polar surface area (TPSA) is 55.4 Å². The van der Waals surface area contributed by atoms with Crippen molar-refractivity contribution in [1.29, 1.82) is 0 Å². The van der Waals surface area contributed by atoms with Gasteiger partial charge in [0.05, 0.1) is 4.90 Å². The average molecular weight is 305 g/mol. The van der Waals surface area contributed by atoms with Gasteiger partial charge in [-0.3, -0.25) is 0 Å². The number of rotatable bonds is 7. The van der Waals surface area contributed by atoms with Crippen LogP contribution in [-0.2, 0) is 16.6 Å². The van der Waals surface area contributed by atoms with Crippen LogP contribution >= 0.6 is 0 Å². The molecule has 0 aliphatic heterocycles. The SMILES string of the molecule is CCCNS(=O)(=O)c1ccc(OCc2ccccc2)cc1. The van der Waals surface area contributed by atoms with E-state index in [1.54, 1.807) is 24.3 Å². The zero-order chi connectivity index (χ0) is 15.1. The van der Waals surface area contributed by atoms with Crippen LogP contribution in [0.4, 0.5) is 0 Å². The molecule has 0 aliphatic carbocycles. The highest BCUT2D eigenvalue weighted by molar-refractivity contribution is 7.89. The molecule has 0 aliphatic rings.